The molecular formula is C12H12O4. The van der Waals surface area contributed by atoms with Crippen LogP contribution in [0.5, 0.6) is 17.2 Å². The number of aldehydes is 1. The van der Waals surface area contributed by atoms with Gasteiger partial charge in [0.1, 0.15) is 23.9 Å². The average molecular weight is 220 g/mol. The summed E-state index contributed by atoms with van der Waals surface area (Å²) in [7, 11) is 1.51. The molecule has 2 rings (SSSR count). The van der Waals surface area contributed by atoms with Crippen LogP contribution in [0.3, 0.4) is 0 Å². The molecule has 84 valence electrons. The van der Waals surface area contributed by atoms with Crippen molar-refractivity contribution in [1.82, 2.24) is 0 Å². The number of fused-ring (bicyclic) bond motifs is 1. The highest BCUT2D eigenvalue weighted by atomic mass is 16.5. The maximum absolute atomic E-state index is 10.9. The largest absolute Gasteiger partial charge is 0.507 e. The highest BCUT2D eigenvalue weighted by Crippen LogP contribution is 2.43. The molecule has 4 heteroatoms. The molecule has 4 nitrogen and oxygen atoms in total. The number of ether oxygens (including phenoxy) is 2. The minimum atomic E-state index is -0.125. The number of hydrogen-bond donors (Lipinski definition) is 1. The van der Waals surface area contributed by atoms with Crippen LogP contribution in [0.15, 0.2) is 12.1 Å². The van der Waals surface area contributed by atoms with Gasteiger partial charge in [0.05, 0.1) is 18.2 Å². The molecule has 1 aromatic carbocycles. The van der Waals surface area contributed by atoms with Crippen molar-refractivity contribution in [2.45, 2.75) is 6.92 Å². The quantitative estimate of drug-likeness (QED) is 0.774. The molecule has 1 aromatic rings. The lowest BCUT2D eigenvalue weighted by atomic mass is 9.99. The van der Waals surface area contributed by atoms with Crippen LogP contribution >= 0.6 is 0 Å². The van der Waals surface area contributed by atoms with Crippen molar-refractivity contribution in [2.24, 2.45) is 0 Å². The van der Waals surface area contributed by atoms with E-state index in [0.717, 1.165) is 11.1 Å². The highest BCUT2D eigenvalue weighted by molar-refractivity contribution is 5.90. The van der Waals surface area contributed by atoms with E-state index in [1.165, 1.54) is 13.2 Å². The molecule has 16 heavy (non-hydrogen) atoms. The first-order valence-electron chi connectivity index (χ1n) is 4.88. The number of carbonyl (C=O) groups excluding carboxylic acids is 1. The van der Waals surface area contributed by atoms with Gasteiger partial charge in [-0.1, -0.05) is 0 Å². The smallest absolute Gasteiger partial charge is 0.157 e. The maximum Gasteiger partial charge on any atom is 0.157 e. The van der Waals surface area contributed by atoms with E-state index in [0.29, 0.717) is 24.4 Å². The number of benzene rings is 1. The predicted molar refractivity (Wildman–Crippen MR) is 59.2 cm³/mol. The van der Waals surface area contributed by atoms with Gasteiger partial charge in [-0.05, 0) is 18.6 Å². The van der Waals surface area contributed by atoms with E-state index in [1.54, 1.807) is 0 Å². The fourth-order valence-electron chi connectivity index (χ4n) is 1.79. The van der Waals surface area contributed by atoms with E-state index in [4.69, 9.17) is 9.47 Å². The Bertz CT molecular complexity index is 474. The Kier molecular flexibility index (Phi) is 2.56. The van der Waals surface area contributed by atoms with E-state index in [9.17, 15) is 9.90 Å². The molecule has 0 saturated carbocycles. The van der Waals surface area contributed by atoms with Crippen molar-refractivity contribution in [2.75, 3.05) is 13.7 Å². The van der Waals surface area contributed by atoms with Crippen LogP contribution in [0.25, 0.3) is 5.57 Å². The zero-order valence-corrected chi connectivity index (χ0v) is 9.11. The lowest BCUT2D eigenvalue weighted by molar-refractivity contribution is 0.111. The number of hydrogen-bond acceptors (Lipinski definition) is 4. The van der Waals surface area contributed by atoms with Crippen LogP contribution in [0.2, 0.25) is 0 Å². The third-order valence-electron chi connectivity index (χ3n) is 2.61. The van der Waals surface area contributed by atoms with Gasteiger partial charge in [-0.3, -0.25) is 4.79 Å². The van der Waals surface area contributed by atoms with Gasteiger partial charge in [0.25, 0.3) is 0 Å². The second-order valence-corrected chi connectivity index (χ2v) is 3.53. The zero-order valence-electron chi connectivity index (χ0n) is 9.11. The first-order chi connectivity index (χ1) is 7.69. The standard InChI is InChI=1S/C12H12O4/c1-7-3-4-16-12-8(6-13)9(14)5-10(15-2)11(7)12/h3,5-6,14H,4H2,1-2H3. The minimum absolute atomic E-state index is 0.125. The Morgan fingerprint density at radius 2 is 2.31 bits per heavy atom. The Balaban J connectivity index is 2.77. The lowest BCUT2D eigenvalue weighted by Gasteiger charge is -2.21. The number of aromatic hydroxyl groups is 1. The van der Waals surface area contributed by atoms with Gasteiger partial charge < -0.3 is 14.6 Å². The number of carbonyl (C=O) groups is 1. The van der Waals surface area contributed by atoms with Crippen LogP contribution in [0, 0.1) is 0 Å². The summed E-state index contributed by atoms with van der Waals surface area (Å²) < 4.78 is 10.6. The summed E-state index contributed by atoms with van der Waals surface area (Å²) in [5.74, 6) is 0.777. The fraction of sp³-hybridized carbons (Fsp3) is 0.250. The lowest BCUT2D eigenvalue weighted by Crippen LogP contribution is -2.07. The summed E-state index contributed by atoms with van der Waals surface area (Å²) in [6, 6.07) is 1.43. The molecule has 0 radical (unpaired) electrons. The van der Waals surface area contributed by atoms with Gasteiger partial charge in [0, 0.05) is 6.07 Å². The van der Waals surface area contributed by atoms with E-state index >= 15 is 0 Å². The normalized spacial score (nSPS) is 13.5. The van der Waals surface area contributed by atoms with E-state index in [-0.39, 0.29) is 11.3 Å². The fourth-order valence-corrected chi connectivity index (χ4v) is 1.79. The molecule has 0 aliphatic carbocycles. The Hall–Kier alpha value is -1.97. The number of rotatable bonds is 2. The second-order valence-electron chi connectivity index (χ2n) is 3.53. The zero-order chi connectivity index (χ0) is 11.7. The summed E-state index contributed by atoms with van der Waals surface area (Å²) in [4.78, 5) is 10.9. The molecule has 1 aliphatic rings. The van der Waals surface area contributed by atoms with Gasteiger partial charge in [0.15, 0.2) is 6.29 Å². The Morgan fingerprint density at radius 3 is 2.94 bits per heavy atom. The van der Waals surface area contributed by atoms with Crippen LogP contribution in [0.1, 0.15) is 22.8 Å². The molecule has 0 atom stereocenters. The molecule has 0 unspecified atom stereocenters. The molecule has 0 spiro atoms. The van der Waals surface area contributed by atoms with Crippen LogP contribution in [0.4, 0.5) is 0 Å². The molecule has 0 aromatic heterocycles. The van der Waals surface area contributed by atoms with Crippen molar-refractivity contribution >= 4 is 11.9 Å². The van der Waals surface area contributed by atoms with Crippen LogP contribution in [-0.4, -0.2) is 25.1 Å². The molecule has 0 fully saturated rings. The SMILES string of the molecule is COc1cc(O)c(C=O)c2c1C(C)=CCO2. The monoisotopic (exact) mass is 220 g/mol. The summed E-state index contributed by atoms with van der Waals surface area (Å²) in [5, 5.41) is 9.65. The number of methoxy groups -OCH3 is 1. The number of allylic oxidation sites excluding steroid dienone is 1. The van der Waals surface area contributed by atoms with Gasteiger partial charge in [-0.15, -0.1) is 0 Å². The second kappa shape index (κ2) is 3.89. The number of phenols is 1. The summed E-state index contributed by atoms with van der Waals surface area (Å²) in [5.41, 5.74) is 1.87. The molecule has 0 saturated heterocycles. The third kappa shape index (κ3) is 1.43. The molecule has 1 N–H and O–H groups in total. The van der Waals surface area contributed by atoms with E-state index in [2.05, 4.69) is 0 Å². The average Bonchev–Trinajstić information content (AvgIpc) is 2.28. The molecule has 1 heterocycles. The van der Waals surface area contributed by atoms with E-state index < -0.39 is 0 Å². The van der Waals surface area contributed by atoms with Crippen LogP contribution in [-0.2, 0) is 0 Å². The Labute approximate surface area is 93.1 Å². The summed E-state index contributed by atoms with van der Waals surface area (Å²) in [6.45, 7) is 2.31. The van der Waals surface area contributed by atoms with Crippen molar-refractivity contribution < 1.29 is 19.4 Å². The van der Waals surface area contributed by atoms with Gasteiger partial charge >= 0.3 is 0 Å². The summed E-state index contributed by atoms with van der Waals surface area (Å²) in [6.07, 6.45) is 2.49. The first-order valence-corrected chi connectivity index (χ1v) is 4.88. The van der Waals surface area contributed by atoms with Crippen molar-refractivity contribution in [3.8, 4) is 17.2 Å². The highest BCUT2D eigenvalue weighted by Gasteiger charge is 2.22. The van der Waals surface area contributed by atoms with Crippen molar-refractivity contribution in [3.63, 3.8) is 0 Å². The van der Waals surface area contributed by atoms with Gasteiger partial charge in [-0.25, -0.2) is 0 Å². The number of phenolic OH excluding ortho intramolecular Hbond substituents is 1. The molecule has 0 bridgehead atoms. The van der Waals surface area contributed by atoms with Gasteiger partial charge in [-0.2, -0.15) is 0 Å². The van der Waals surface area contributed by atoms with E-state index in [1.807, 2.05) is 13.0 Å². The first kappa shape index (κ1) is 10.5. The topological polar surface area (TPSA) is 55.8 Å². The molecule has 1 aliphatic heterocycles. The summed E-state index contributed by atoms with van der Waals surface area (Å²) >= 11 is 0. The minimum Gasteiger partial charge on any atom is -0.507 e. The van der Waals surface area contributed by atoms with Crippen molar-refractivity contribution in [3.05, 3.63) is 23.3 Å². The molecular weight excluding hydrogens is 208 g/mol. The predicted octanol–water partition coefficient (Wildman–Crippen LogP) is 2.01. The van der Waals surface area contributed by atoms with Crippen molar-refractivity contribution in [1.29, 1.82) is 0 Å². The van der Waals surface area contributed by atoms with Crippen LogP contribution < -0.4 is 9.47 Å². The molecule has 0 amide bonds. The Morgan fingerprint density at radius 1 is 1.56 bits per heavy atom. The van der Waals surface area contributed by atoms with Gasteiger partial charge in [0.2, 0.25) is 0 Å². The maximum atomic E-state index is 10.9. The third-order valence-corrected chi connectivity index (χ3v) is 2.61.